The van der Waals surface area contributed by atoms with Gasteiger partial charge in [0.2, 0.25) is 6.04 Å². The van der Waals surface area contributed by atoms with Crippen molar-refractivity contribution in [1.29, 1.82) is 0 Å². The molecule has 1 aliphatic carbocycles. The van der Waals surface area contributed by atoms with Gasteiger partial charge in [-0.2, -0.15) is 0 Å². The lowest BCUT2D eigenvalue weighted by Gasteiger charge is -2.37. The maximum Gasteiger partial charge on any atom is 0.408 e. The van der Waals surface area contributed by atoms with Gasteiger partial charge in [-0.1, -0.05) is 140 Å². The summed E-state index contributed by atoms with van der Waals surface area (Å²) in [5.74, 6) is -2.63. The normalized spacial score (nSPS) is 12.8. The molecule has 0 heterocycles. The predicted molar refractivity (Wildman–Crippen MR) is 167 cm³/mol. The van der Waals surface area contributed by atoms with Crippen LogP contribution < -0.4 is 10.6 Å². The minimum absolute atomic E-state index is 0.0181. The second-order valence-corrected chi connectivity index (χ2v) is 10.6. The van der Waals surface area contributed by atoms with Crippen LogP contribution in [0.5, 0.6) is 0 Å². The lowest BCUT2D eigenvalue weighted by atomic mass is 9.76. The average Bonchev–Trinajstić information content (AvgIpc) is 3.39. The number of carboxylic acid groups (broad SMARTS) is 1. The van der Waals surface area contributed by atoms with Crippen LogP contribution >= 0.6 is 0 Å². The van der Waals surface area contributed by atoms with Crippen molar-refractivity contribution in [3.8, 4) is 11.1 Å². The number of benzene rings is 5. The number of nitrogens with one attached hydrogen (secondary N) is 2. The molecule has 0 unspecified atom stereocenters. The van der Waals surface area contributed by atoms with Crippen molar-refractivity contribution in [2.45, 2.75) is 17.5 Å². The number of amides is 2. The molecule has 5 aromatic carbocycles. The maximum atomic E-state index is 13.9. The first-order chi connectivity index (χ1) is 21.5. The number of rotatable bonds is 9. The van der Waals surface area contributed by atoms with E-state index in [0.29, 0.717) is 0 Å². The highest BCUT2D eigenvalue weighted by Gasteiger charge is 2.41. The van der Waals surface area contributed by atoms with Crippen LogP contribution in [0.4, 0.5) is 4.79 Å². The van der Waals surface area contributed by atoms with Gasteiger partial charge in [-0.05, 0) is 38.9 Å². The number of carbonyl (C=O) groups is 3. The summed E-state index contributed by atoms with van der Waals surface area (Å²) in [5.41, 5.74) is 5.08. The van der Waals surface area contributed by atoms with Crippen LogP contribution in [0.1, 0.15) is 33.7 Å². The van der Waals surface area contributed by atoms with E-state index in [0.717, 1.165) is 38.9 Å². The smallest absolute Gasteiger partial charge is 0.408 e. The monoisotopic (exact) mass is 582 g/mol. The van der Waals surface area contributed by atoms with E-state index in [1.165, 1.54) is 0 Å². The molecule has 0 aliphatic heterocycles. The second-order valence-electron chi connectivity index (χ2n) is 10.6. The zero-order valence-electron chi connectivity index (χ0n) is 23.7. The first-order valence-electron chi connectivity index (χ1n) is 14.3. The lowest BCUT2D eigenvalue weighted by Crippen LogP contribution is -2.57. The van der Waals surface area contributed by atoms with Crippen LogP contribution in [0, 0.1) is 0 Å². The highest BCUT2D eigenvalue weighted by molar-refractivity contribution is 6.04. The van der Waals surface area contributed by atoms with Gasteiger partial charge in [0.15, 0.2) is 0 Å². The topological polar surface area (TPSA) is 105 Å². The van der Waals surface area contributed by atoms with Crippen molar-refractivity contribution in [2.75, 3.05) is 6.61 Å². The molecular weight excluding hydrogens is 552 g/mol. The van der Waals surface area contributed by atoms with Gasteiger partial charge >= 0.3 is 12.1 Å². The Morgan fingerprint density at radius 2 is 1.05 bits per heavy atom. The summed E-state index contributed by atoms with van der Waals surface area (Å²) < 4.78 is 5.56. The highest BCUT2D eigenvalue weighted by atomic mass is 16.5. The molecule has 1 atom stereocenters. The number of carbonyl (C=O) groups excluding carboxylic acids is 2. The molecule has 0 saturated carbocycles. The van der Waals surface area contributed by atoms with Crippen molar-refractivity contribution >= 4 is 18.0 Å². The van der Waals surface area contributed by atoms with Crippen LogP contribution in [0.2, 0.25) is 0 Å². The Morgan fingerprint density at radius 3 is 1.48 bits per heavy atom. The van der Waals surface area contributed by atoms with Gasteiger partial charge < -0.3 is 15.2 Å². The second kappa shape index (κ2) is 12.3. The van der Waals surface area contributed by atoms with Gasteiger partial charge in [0.1, 0.15) is 12.1 Å². The Hall–Kier alpha value is -5.69. The van der Waals surface area contributed by atoms with Crippen LogP contribution in [-0.2, 0) is 19.9 Å². The molecular formula is C37H30N2O5. The summed E-state index contributed by atoms with van der Waals surface area (Å²) in [6.07, 6.45) is -1.00. The molecule has 0 bridgehead atoms. The molecule has 2 amide bonds. The Bertz CT molecular complexity index is 1650. The summed E-state index contributed by atoms with van der Waals surface area (Å²) in [6.45, 7) is -0.0181. The molecule has 44 heavy (non-hydrogen) atoms. The zero-order valence-corrected chi connectivity index (χ0v) is 23.7. The number of fused-ring (bicyclic) bond motifs is 3. The van der Waals surface area contributed by atoms with Crippen LogP contribution in [0.15, 0.2) is 140 Å². The van der Waals surface area contributed by atoms with E-state index in [-0.39, 0.29) is 12.5 Å². The van der Waals surface area contributed by atoms with E-state index in [4.69, 9.17) is 4.74 Å². The van der Waals surface area contributed by atoms with E-state index < -0.39 is 29.6 Å². The fraction of sp³-hybridized carbons (Fsp3) is 0.108. The van der Waals surface area contributed by atoms with E-state index in [2.05, 4.69) is 10.6 Å². The lowest BCUT2D eigenvalue weighted by molar-refractivity contribution is -0.144. The van der Waals surface area contributed by atoms with Crippen molar-refractivity contribution < 1.29 is 24.2 Å². The highest BCUT2D eigenvalue weighted by Crippen LogP contribution is 2.44. The number of ether oxygens (including phenoxy) is 1. The van der Waals surface area contributed by atoms with Crippen molar-refractivity contribution in [3.63, 3.8) is 0 Å². The minimum Gasteiger partial charge on any atom is -0.479 e. The minimum atomic E-state index is -1.92. The van der Waals surface area contributed by atoms with Gasteiger partial charge in [0.25, 0.3) is 5.91 Å². The fourth-order valence-electron chi connectivity index (χ4n) is 6.04. The number of hydrogen-bond acceptors (Lipinski definition) is 4. The van der Waals surface area contributed by atoms with E-state index >= 15 is 0 Å². The van der Waals surface area contributed by atoms with Gasteiger partial charge in [-0.3, -0.25) is 10.1 Å². The van der Waals surface area contributed by atoms with Gasteiger partial charge in [0, 0.05) is 5.92 Å². The van der Waals surface area contributed by atoms with E-state index in [1.54, 1.807) is 0 Å². The Balaban J connectivity index is 1.27. The Kier molecular flexibility index (Phi) is 7.93. The average molecular weight is 583 g/mol. The third-order valence-corrected chi connectivity index (χ3v) is 8.05. The summed E-state index contributed by atoms with van der Waals surface area (Å²) in [6, 6.07) is 41.8. The number of carboxylic acids is 1. The third-order valence-electron chi connectivity index (χ3n) is 8.05. The Labute approximate surface area is 255 Å². The summed E-state index contributed by atoms with van der Waals surface area (Å²) in [4.78, 5) is 39.4. The molecule has 0 spiro atoms. The molecule has 7 nitrogen and oxygen atoms in total. The first-order valence-corrected chi connectivity index (χ1v) is 14.3. The summed E-state index contributed by atoms with van der Waals surface area (Å²) in [5, 5.41) is 15.4. The molecule has 0 radical (unpaired) electrons. The molecule has 0 aromatic heterocycles. The molecule has 0 fully saturated rings. The van der Waals surface area contributed by atoms with Crippen LogP contribution in [0.3, 0.4) is 0 Å². The number of alkyl carbamates (subject to hydrolysis) is 1. The standard InChI is InChI=1S/C37H30N2O5/c40-34(39-37(25-14-4-1-5-15-25,26-16-6-2-7-17-26)27-18-8-3-9-19-27)33(35(41)42)38-36(43)44-24-32-30-22-12-10-20-28(30)29-21-11-13-23-31(29)32/h1-23,32-33H,24H2,(H,38,43)(H,39,40)(H,41,42)/t33-/m0/s1. The number of aliphatic carboxylic acids is 1. The van der Waals surface area contributed by atoms with E-state index in [1.807, 2.05) is 140 Å². The SMILES string of the molecule is O=C(N[C@H](C(=O)O)C(=O)NC(c1ccccc1)(c1ccccc1)c1ccccc1)OCC1c2ccccc2-c2ccccc21. The quantitative estimate of drug-likeness (QED) is 0.144. The van der Waals surface area contributed by atoms with Gasteiger partial charge in [0.05, 0.1) is 0 Å². The summed E-state index contributed by atoms with van der Waals surface area (Å²) >= 11 is 0. The molecule has 6 rings (SSSR count). The molecule has 7 heteroatoms. The molecule has 1 aliphatic rings. The zero-order chi connectivity index (χ0) is 30.5. The summed E-state index contributed by atoms with van der Waals surface area (Å²) in [7, 11) is 0. The predicted octanol–water partition coefficient (Wildman–Crippen LogP) is 6.09. The van der Waals surface area contributed by atoms with Gasteiger partial charge in [-0.25, -0.2) is 9.59 Å². The van der Waals surface area contributed by atoms with E-state index in [9.17, 15) is 19.5 Å². The Morgan fingerprint density at radius 1 is 0.636 bits per heavy atom. The molecule has 5 aromatic rings. The maximum absolute atomic E-state index is 13.9. The largest absolute Gasteiger partial charge is 0.479 e. The molecule has 218 valence electrons. The first kappa shape index (κ1) is 28.4. The van der Waals surface area contributed by atoms with Crippen molar-refractivity contribution in [1.82, 2.24) is 10.6 Å². The van der Waals surface area contributed by atoms with Crippen molar-refractivity contribution in [2.24, 2.45) is 0 Å². The number of hydrogen-bond donors (Lipinski definition) is 3. The van der Waals surface area contributed by atoms with Crippen LogP contribution in [0.25, 0.3) is 11.1 Å². The van der Waals surface area contributed by atoms with Crippen molar-refractivity contribution in [3.05, 3.63) is 167 Å². The van der Waals surface area contributed by atoms with Crippen LogP contribution in [-0.4, -0.2) is 35.7 Å². The van der Waals surface area contributed by atoms with Gasteiger partial charge in [-0.15, -0.1) is 0 Å². The molecule has 3 N–H and O–H groups in total. The third kappa shape index (κ3) is 5.31. The molecule has 0 saturated heterocycles. The fourth-order valence-corrected chi connectivity index (χ4v) is 6.04.